The molecule has 2 aromatic rings. The number of hydrogen-bond acceptors (Lipinski definition) is 4. The molecule has 0 aliphatic heterocycles. The molecule has 0 aliphatic rings. The zero-order valence-electron chi connectivity index (χ0n) is 15.7. The molecule has 0 bridgehead atoms. The van der Waals surface area contributed by atoms with E-state index in [0.717, 1.165) is 24.1 Å². The molecule has 0 saturated carbocycles. The summed E-state index contributed by atoms with van der Waals surface area (Å²) in [5.74, 6) is 0.503. The van der Waals surface area contributed by atoms with Crippen LogP contribution in [0.25, 0.3) is 0 Å². The second-order valence-corrected chi connectivity index (χ2v) is 8.72. The minimum absolute atomic E-state index is 0.113. The van der Waals surface area contributed by atoms with Crippen LogP contribution in [-0.2, 0) is 5.41 Å². The van der Waals surface area contributed by atoms with Crippen molar-refractivity contribution < 1.29 is 5.11 Å². The van der Waals surface area contributed by atoms with Crippen molar-refractivity contribution >= 4 is 0 Å². The van der Waals surface area contributed by atoms with Gasteiger partial charge in [0.2, 0.25) is 0 Å². The SMILES string of the molecule is CC(C)(C)CCC(c1ccc(O)c(C(C)(C)C)c1)c1ccnnn1. The first kappa shape index (κ1) is 18.4. The van der Waals surface area contributed by atoms with Gasteiger partial charge in [0.15, 0.2) is 0 Å². The van der Waals surface area contributed by atoms with Gasteiger partial charge in [0, 0.05) is 5.92 Å². The van der Waals surface area contributed by atoms with Crippen LogP contribution in [0.15, 0.2) is 30.5 Å². The molecule has 4 nitrogen and oxygen atoms in total. The van der Waals surface area contributed by atoms with Crippen molar-refractivity contribution in [1.29, 1.82) is 0 Å². The molecule has 1 aromatic carbocycles. The molecule has 1 N–H and O–H groups in total. The Bertz CT molecular complexity index is 670. The van der Waals surface area contributed by atoms with Gasteiger partial charge in [-0.25, -0.2) is 0 Å². The van der Waals surface area contributed by atoms with Crippen molar-refractivity contribution in [2.75, 3.05) is 0 Å². The van der Waals surface area contributed by atoms with E-state index in [0.29, 0.717) is 5.75 Å². The third-order valence-corrected chi connectivity index (χ3v) is 4.29. The Morgan fingerprint density at radius 1 is 1.04 bits per heavy atom. The highest BCUT2D eigenvalue weighted by Gasteiger charge is 2.24. The van der Waals surface area contributed by atoms with Gasteiger partial charge < -0.3 is 5.11 Å². The van der Waals surface area contributed by atoms with Crippen LogP contribution in [0, 0.1) is 5.41 Å². The summed E-state index contributed by atoms with van der Waals surface area (Å²) < 4.78 is 0. The molecule has 2 rings (SSSR count). The molecule has 0 fully saturated rings. The lowest BCUT2D eigenvalue weighted by Gasteiger charge is -2.26. The summed E-state index contributed by atoms with van der Waals surface area (Å²) in [6, 6.07) is 7.85. The van der Waals surface area contributed by atoms with Crippen molar-refractivity contribution in [3.05, 3.63) is 47.3 Å². The van der Waals surface area contributed by atoms with E-state index in [1.54, 1.807) is 12.3 Å². The van der Waals surface area contributed by atoms with Gasteiger partial charge in [0.05, 0.1) is 11.9 Å². The molecule has 0 radical (unpaired) electrons. The first-order chi connectivity index (χ1) is 11.1. The number of aromatic hydroxyl groups is 1. The Hall–Kier alpha value is -1.97. The van der Waals surface area contributed by atoms with E-state index in [2.05, 4.69) is 63.0 Å². The fourth-order valence-corrected chi connectivity index (χ4v) is 2.87. The smallest absolute Gasteiger partial charge is 0.119 e. The third kappa shape index (κ3) is 4.76. The minimum atomic E-state index is -0.113. The van der Waals surface area contributed by atoms with E-state index in [9.17, 15) is 5.11 Å². The molecule has 0 saturated heterocycles. The number of phenols is 1. The topological polar surface area (TPSA) is 58.9 Å². The quantitative estimate of drug-likeness (QED) is 0.873. The van der Waals surface area contributed by atoms with Gasteiger partial charge in [-0.1, -0.05) is 53.7 Å². The third-order valence-electron chi connectivity index (χ3n) is 4.29. The first-order valence-electron chi connectivity index (χ1n) is 8.55. The maximum absolute atomic E-state index is 10.2. The normalized spacial score (nSPS) is 13.8. The van der Waals surface area contributed by atoms with Crippen molar-refractivity contribution in [3.8, 4) is 5.75 Å². The van der Waals surface area contributed by atoms with Crippen LogP contribution >= 0.6 is 0 Å². The Kier molecular flexibility index (Phi) is 5.26. The lowest BCUT2D eigenvalue weighted by molar-refractivity contribution is 0.355. The van der Waals surface area contributed by atoms with Crippen LogP contribution in [-0.4, -0.2) is 20.5 Å². The molecule has 1 unspecified atom stereocenters. The summed E-state index contributed by atoms with van der Waals surface area (Å²) in [7, 11) is 0. The number of aromatic nitrogens is 3. The predicted octanol–water partition coefficient (Wildman–Crippen LogP) is 4.83. The highest BCUT2D eigenvalue weighted by molar-refractivity contribution is 5.43. The Morgan fingerprint density at radius 2 is 1.75 bits per heavy atom. The second-order valence-electron chi connectivity index (χ2n) is 8.72. The van der Waals surface area contributed by atoms with E-state index in [1.807, 2.05) is 12.1 Å². The van der Waals surface area contributed by atoms with Crippen LogP contribution in [0.1, 0.15) is 77.1 Å². The van der Waals surface area contributed by atoms with Gasteiger partial charge in [-0.2, -0.15) is 0 Å². The van der Waals surface area contributed by atoms with E-state index in [-0.39, 0.29) is 16.7 Å². The Labute approximate surface area is 145 Å². The summed E-state index contributed by atoms with van der Waals surface area (Å²) in [6.45, 7) is 13.1. The molecule has 130 valence electrons. The number of benzene rings is 1. The van der Waals surface area contributed by atoms with Gasteiger partial charge in [-0.05, 0) is 52.1 Å². The first-order valence-corrected chi connectivity index (χ1v) is 8.55. The predicted molar refractivity (Wildman–Crippen MR) is 97.2 cm³/mol. The maximum Gasteiger partial charge on any atom is 0.119 e. The number of hydrogen-bond donors (Lipinski definition) is 1. The van der Waals surface area contributed by atoms with Gasteiger partial charge in [0.25, 0.3) is 0 Å². The number of phenolic OH excluding ortho intramolecular Hbond substituents is 1. The molecule has 24 heavy (non-hydrogen) atoms. The molecule has 1 atom stereocenters. The van der Waals surface area contributed by atoms with Crippen molar-refractivity contribution in [2.45, 2.75) is 65.7 Å². The summed E-state index contributed by atoms with van der Waals surface area (Å²) in [5.41, 5.74) is 3.20. The highest BCUT2D eigenvalue weighted by Crippen LogP contribution is 2.37. The van der Waals surface area contributed by atoms with Gasteiger partial charge in [-0.3, -0.25) is 0 Å². The van der Waals surface area contributed by atoms with Crippen LogP contribution in [0.4, 0.5) is 0 Å². The lowest BCUT2D eigenvalue weighted by Crippen LogP contribution is -2.14. The molecule has 4 heteroatoms. The summed E-state index contributed by atoms with van der Waals surface area (Å²) in [6.07, 6.45) is 3.75. The van der Waals surface area contributed by atoms with Crippen LogP contribution in [0.3, 0.4) is 0 Å². The van der Waals surface area contributed by atoms with E-state index >= 15 is 0 Å². The van der Waals surface area contributed by atoms with Crippen LogP contribution < -0.4 is 0 Å². The Balaban J connectivity index is 2.44. The van der Waals surface area contributed by atoms with Gasteiger partial charge >= 0.3 is 0 Å². The fraction of sp³-hybridized carbons (Fsp3) is 0.550. The van der Waals surface area contributed by atoms with E-state index in [4.69, 9.17) is 0 Å². The second kappa shape index (κ2) is 6.88. The standard InChI is InChI=1S/C20H29N3O/c1-19(2,3)11-9-15(17-10-12-21-23-22-17)14-7-8-18(24)16(13-14)20(4,5)6/h7-8,10,12-13,15,24H,9,11H2,1-6H3. The molecule has 1 heterocycles. The summed E-state index contributed by atoms with van der Waals surface area (Å²) in [5, 5.41) is 22.1. The maximum atomic E-state index is 10.2. The summed E-state index contributed by atoms with van der Waals surface area (Å²) >= 11 is 0. The average molecular weight is 327 g/mol. The van der Waals surface area contributed by atoms with Crippen molar-refractivity contribution in [3.63, 3.8) is 0 Å². The summed E-state index contributed by atoms with van der Waals surface area (Å²) in [4.78, 5) is 0. The number of nitrogens with zero attached hydrogens (tertiary/aromatic N) is 3. The molecular weight excluding hydrogens is 298 g/mol. The van der Waals surface area contributed by atoms with Crippen molar-refractivity contribution in [2.24, 2.45) is 5.41 Å². The van der Waals surface area contributed by atoms with Crippen LogP contribution in [0.5, 0.6) is 5.75 Å². The monoisotopic (exact) mass is 327 g/mol. The van der Waals surface area contributed by atoms with Gasteiger partial charge in [-0.15, -0.1) is 10.2 Å². The minimum Gasteiger partial charge on any atom is -0.508 e. The highest BCUT2D eigenvalue weighted by atomic mass is 16.3. The van der Waals surface area contributed by atoms with Gasteiger partial charge in [0.1, 0.15) is 5.75 Å². The largest absolute Gasteiger partial charge is 0.508 e. The van der Waals surface area contributed by atoms with E-state index in [1.165, 1.54) is 5.56 Å². The van der Waals surface area contributed by atoms with Crippen LogP contribution in [0.2, 0.25) is 0 Å². The Morgan fingerprint density at radius 3 is 2.29 bits per heavy atom. The van der Waals surface area contributed by atoms with E-state index < -0.39 is 0 Å². The fourth-order valence-electron chi connectivity index (χ4n) is 2.87. The number of rotatable bonds is 4. The average Bonchev–Trinajstić information content (AvgIpc) is 2.47. The molecule has 0 spiro atoms. The molecular formula is C20H29N3O. The van der Waals surface area contributed by atoms with Crippen molar-refractivity contribution in [1.82, 2.24) is 15.4 Å². The molecule has 0 aliphatic carbocycles. The lowest BCUT2D eigenvalue weighted by atomic mass is 9.80. The zero-order valence-corrected chi connectivity index (χ0v) is 15.7. The molecule has 1 aromatic heterocycles. The molecule has 0 amide bonds. The zero-order chi connectivity index (χ0) is 18.0.